The lowest BCUT2D eigenvalue weighted by atomic mass is 10.1. The molecule has 0 aliphatic rings. The van der Waals surface area contributed by atoms with Crippen LogP contribution in [0.1, 0.15) is 16.5 Å². The highest BCUT2D eigenvalue weighted by Gasteiger charge is 2.06. The molecule has 1 rings (SSSR count). The number of hydrogen-bond donors (Lipinski definition) is 0. The van der Waals surface area contributed by atoms with Crippen molar-refractivity contribution in [1.29, 1.82) is 5.26 Å². The summed E-state index contributed by atoms with van der Waals surface area (Å²) in [5, 5.41) is 8.01. The fourth-order valence-electron chi connectivity index (χ4n) is 0.941. The highest BCUT2D eigenvalue weighted by molar-refractivity contribution is 6.22. The molecule has 1 atom stereocenters. The summed E-state index contributed by atoms with van der Waals surface area (Å²) in [4.78, 5) is 0. The zero-order chi connectivity index (χ0) is 8.27. The Balaban J connectivity index is 3.05. The number of nitriles is 1. The first-order valence-electron chi connectivity index (χ1n) is 3.35. The molecule has 1 nitrogen and oxygen atoms in total. The number of rotatable bonds is 1. The first-order chi connectivity index (χ1) is 5.25. The second-order valence-corrected chi connectivity index (χ2v) is 2.78. The predicted octanol–water partition coefficient (Wildman–Crippen LogP) is 2.80. The van der Waals surface area contributed by atoms with Crippen LogP contribution in [-0.2, 0) is 0 Å². The van der Waals surface area contributed by atoms with Gasteiger partial charge in [0, 0.05) is 0 Å². The number of benzene rings is 1. The molecule has 2 heteroatoms. The lowest BCUT2D eigenvalue weighted by molar-refractivity contribution is 1.17. The first-order valence-corrected chi connectivity index (χ1v) is 3.78. The largest absolute Gasteiger partial charge is 0.196 e. The molecule has 0 saturated carbocycles. The van der Waals surface area contributed by atoms with Crippen molar-refractivity contribution in [3.8, 4) is 6.07 Å². The molecule has 0 bridgehead atoms. The molecule has 1 aromatic rings. The summed E-state index contributed by atoms with van der Waals surface area (Å²) < 4.78 is 0. The molecule has 0 aromatic heterocycles. The van der Waals surface area contributed by atoms with Crippen LogP contribution in [0.25, 0.3) is 0 Å². The van der Waals surface area contributed by atoms with Crippen molar-refractivity contribution >= 4 is 11.6 Å². The molecule has 0 aliphatic carbocycles. The number of nitrogens with zero attached hydrogens (tertiary/aromatic N) is 1. The molecule has 1 aromatic carbocycles. The van der Waals surface area contributed by atoms with Crippen LogP contribution in [0, 0.1) is 18.3 Å². The Hall–Kier alpha value is -1.00. The van der Waals surface area contributed by atoms with Crippen LogP contribution in [0.3, 0.4) is 0 Å². The monoisotopic (exact) mass is 165 g/mol. The van der Waals surface area contributed by atoms with Crippen molar-refractivity contribution in [2.45, 2.75) is 12.3 Å². The van der Waals surface area contributed by atoms with Crippen LogP contribution < -0.4 is 0 Å². The van der Waals surface area contributed by atoms with Crippen LogP contribution >= 0.6 is 11.6 Å². The molecule has 0 heterocycles. The third kappa shape index (κ3) is 1.72. The number of hydrogen-bond acceptors (Lipinski definition) is 1. The normalized spacial score (nSPS) is 12.1. The van der Waals surface area contributed by atoms with E-state index >= 15 is 0 Å². The summed E-state index contributed by atoms with van der Waals surface area (Å²) in [5.41, 5.74) is 1.96. The third-order valence-corrected chi connectivity index (χ3v) is 1.91. The van der Waals surface area contributed by atoms with Gasteiger partial charge < -0.3 is 0 Å². The third-order valence-electron chi connectivity index (χ3n) is 1.57. The average molecular weight is 166 g/mol. The lowest BCUT2D eigenvalue weighted by Crippen LogP contribution is -1.89. The van der Waals surface area contributed by atoms with Gasteiger partial charge in [0.2, 0.25) is 0 Å². The van der Waals surface area contributed by atoms with E-state index in [-0.39, 0.29) is 0 Å². The molecule has 0 spiro atoms. The van der Waals surface area contributed by atoms with Gasteiger partial charge in [0.05, 0.1) is 6.07 Å². The predicted molar refractivity (Wildman–Crippen MR) is 45.4 cm³/mol. The van der Waals surface area contributed by atoms with Gasteiger partial charge in [-0.3, -0.25) is 0 Å². The van der Waals surface area contributed by atoms with E-state index in [9.17, 15) is 0 Å². The molecule has 0 amide bonds. The Labute approximate surface area is 71.2 Å². The SMILES string of the molecule is Cc1ccccc1C(Cl)C#N. The number of aryl methyl sites for hydroxylation is 1. The van der Waals surface area contributed by atoms with E-state index in [0.29, 0.717) is 0 Å². The van der Waals surface area contributed by atoms with Gasteiger partial charge in [-0.05, 0) is 18.1 Å². The maximum absolute atomic E-state index is 8.53. The zero-order valence-corrected chi connectivity index (χ0v) is 6.97. The zero-order valence-electron chi connectivity index (χ0n) is 6.21. The number of halogens is 1. The quantitative estimate of drug-likeness (QED) is 0.587. The van der Waals surface area contributed by atoms with Crippen molar-refractivity contribution in [3.63, 3.8) is 0 Å². The summed E-state index contributed by atoms with van der Waals surface area (Å²) in [6, 6.07) is 9.62. The number of alkyl halides is 1. The van der Waals surface area contributed by atoms with Crippen LogP contribution in [0.5, 0.6) is 0 Å². The average Bonchev–Trinajstić information content (AvgIpc) is 2.04. The molecule has 11 heavy (non-hydrogen) atoms. The van der Waals surface area contributed by atoms with E-state index in [2.05, 4.69) is 0 Å². The van der Waals surface area contributed by atoms with Crippen molar-refractivity contribution in [3.05, 3.63) is 35.4 Å². The molecule has 56 valence electrons. The highest BCUT2D eigenvalue weighted by Crippen LogP contribution is 2.21. The van der Waals surface area contributed by atoms with Gasteiger partial charge in [-0.25, -0.2) is 0 Å². The summed E-state index contributed by atoms with van der Waals surface area (Å²) in [7, 11) is 0. The molecule has 0 fully saturated rings. The van der Waals surface area contributed by atoms with Crippen molar-refractivity contribution < 1.29 is 0 Å². The summed E-state index contributed by atoms with van der Waals surface area (Å²) in [6.07, 6.45) is 0. The van der Waals surface area contributed by atoms with Crippen molar-refractivity contribution in [2.75, 3.05) is 0 Å². The summed E-state index contributed by atoms with van der Waals surface area (Å²) in [5.74, 6) is 0. The molecular weight excluding hydrogens is 158 g/mol. The van der Waals surface area contributed by atoms with Gasteiger partial charge in [-0.2, -0.15) is 5.26 Å². The maximum atomic E-state index is 8.53. The lowest BCUT2D eigenvalue weighted by Gasteiger charge is -2.03. The Morgan fingerprint density at radius 1 is 1.45 bits per heavy atom. The van der Waals surface area contributed by atoms with Crippen LogP contribution in [0.4, 0.5) is 0 Å². The van der Waals surface area contributed by atoms with E-state index < -0.39 is 5.38 Å². The molecule has 0 saturated heterocycles. The topological polar surface area (TPSA) is 23.8 Å². The Kier molecular flexibility index (Phi) is 2.51. The Morgan fingerprint density at radius 2 is 2.09 bits per heavy atom. The molecular formula is C9H8ClN. The van der Waals surface area contributed by atoms with Gasteiger partial charge >= 0.3 is 0 Å². The fraction of sp³-hybridized carbons (Fsp3) is 0.222. The minimum absolute atomic E-state index is 0.517. The minimum atomic E-state index is -0.517. The molecule has 0 radical (unpaired) electrons. The van der Waals surface area contributed by atoms with Gasteiger partial charge in [-0.1, -0.05) is 24.3 Å². The molecule has 0 N–H and O–H groups in total. The van der Waals surface area contributed by atoms with Gasteiger partial charge in [0.15, 0.2) is 0 Å². The van der Waals surface area contributed by atoms with Crippen LogP contribution in [0.2, 0.25) is 0 Å². The van der Waals surface area contributed by atoms with E-state index in [1.807, 2.05) is 37.3 Å². The summed E-state index contributed by atoms with van der Waals surface area (Å²) in [6.45, 7) is 1.95. The van der Waals surface area contributed by atoms with Gasteiger partial charge in [0.1, 0.15) is 5.38 Å². The van der Waals surface area contributed by atoms with Crippen molar-refractivity contribution in [2.24, 2.45) is 0 Å². The second kappa shape index (κ2) is 3.41. The fourth-order valence-corrected chi connectivity index (χ4v) is 1.19. The standard InChI is InChI=1S/C9H8ClN/c1-7-4-2-3-5-8(7)9(10)6-11/h2-5,9H,1H3. The van der Waals surface area contributed by atoms with Gasteiger partial charge in [0.25, 0.3) is 0 Å². The highest BCUT2D eigenvalue weighted by atomic mass is 35.5. The van der Waals surface area contributed by atoms with E-state index in [1.165, 1.54) is 0 Å². The van der Waals surface area contributed by atoms with E-state index in [4.69, 9.17) is 16.9 Å². The van der Waals surface area contributed by atoms with Crippen molar-refractivity contribution in [1.82, 2.24) is 0 Å². The van der Waals surface area contributed by atoms with E-state index in [1.54, 1.807) is 0 Å². The van der Waals surface area contributed by atoms with E-state index in [0.717, 1.165) is 11.1 Å². The smallest absolute Gasteiger partial charge is 0.145 e. The second-order valence-electron chi connectivity index (χ2n) is 2.35. The first kappa shape index (κ1) is 8.10. The maximum Gasteiger partial charge on any atom is 0.145 e. The minimum Gasteiger partial charge on any atom is -0.196 e. The Morgan fingerprint density at radius 3 is 2.64 bits per heavy atom. The Bertz CT molecular complexity index is 288. The molecule has 1 unspecified atom stereocenters. The van der Waals surface area contributed by atoms with Crippen LogP contribution in [-0.4, -0.2) is 0 Å². The molecule has 0 aliphatic heterocycles. The van der Waals surface area contributed by atoms with Crippen LogP contribution in [0.15, 0.2) is 24.3 Å². The summed E-state index contributed by atoms with van der Waals surface area (Å²) >= 11 is 5.73. The van der Waals surface area contributed by atoms with Gasteiger partial charge in [-0.15, -0.1) is 11.6 Å².